The van der Waals surface area contributed by atoms with Crippen LogP contribution in [0.3, 0.4) is 0 Å². The van der Waals surface area contributed by atoms with Gasteiger partial charge in [-0.2, -0.15) is 0 Å². The minimum absolute atomic E-state index is 0.106. The van der Waals surface area contributed by atoms with E-state index in [4.69, 9.17) is 9.47 Å². The fraction of sp³-hybridized carbons (Fsp3) is 0.583. The van der Waals surface area contributed by atoms with Gasteiger partial charge >= 0.3 is 11.7 Å². The molecule has 0 radical (unpaired) electrons. The Balaban J connectivity index is 2.40. The van der Waals surface area contributed by atoms with E-state index < -0.39 is 35.5 Å². The van der Waals surface area contributed by atoms with Crippen molar-refractivity contribution in [2.45, 2.75) is 32.1 Å². The summed E-state index contributed by atoms with van der Waals surface area (Å²) < 4.78 is 11.7. The zero-order chi connectivity index (χ0) is 14.9. The zero-order valence-electron chi connectivity index (χ0n) is 11.2. The normalized spacial score (nSPS) is 25.6. The Morgan fingerprint density at radius 2 is 2.30 bits per heavy atom. The number of H-pyrrole nitrogens is 1. The van der Waals surface area contributed by atoms with Gasteiger partial charge in [-0.1, -0.05) is 0 Å². The van der Waals surface area contributed by atoms with E-state index in [1.54, 1.807) is 6.92 Å². The number of carbonyl (C=O) groups excluding carboxylic acids is 1. The number of nitrogens with zero attached hydrogens (tertiary/aromatic N) is 1. The molecule has 0 saturated carbocycles. The number of aromatic nitrogens is 2. The molecular formula is C12H16N2O6. The summed E-state index contributed by atoms with van der Waals surface area (Å²) in [5.74, 6) is -0.529. The van der Waals surface area contributed by atoms with Crippen molar-refractivity contribution in [1.82, 2.24) is 9.55 Å². The van der Waals surface area contributed by atoms with Crippen LogP contribution in [-0.4, -0.2) is 46.0 Å². The number of carbonyl (C=O) groups is 1. The Labute approximate surface area is 114 Å². The van der Waals surface area contributed by atoms with Crippen molar-refractivity contribution < 1.29 is 19.4 Å². The van der Waals surface area contributed by atoms with E-state index in [1.807, 2.05) is 0 Å². The number of aliphatic hydroxyl groups excluding tert-OH is 1. The number of hydrogen-bond donors (Lipinski definition) is 2. The Bertz CT molecular complexity index is 619. The molecule has 3 atom stereocenters. The average molecular weight is 284 g/mol. The van der Waals surface area contributed by atoms with Crippen molar-refractivity contribution in [2.75, 3.05) is 13.2 Å². The second-order valence-corrected chi connectivity index (χ2v) is 4.67. The van der Waals surface area contributed by atoms with Gasteiger partial charge in [0.25, 0.3) is 5.56 Å². The van der Waals surface area contributed by atoms with Crippen molar-refractivity contribution in [1.29, 1.82) is 0 Å². The standard InChI is InChI=1S/C12H16N2O6/c1-6-3-14(12(18)13-11(6)17)8-5-19-9(4-15)10(8)20-7(2)16/h3,8-10,15H,4-5H2,1-2H3,(H,13,17,18)/t8-,9-,10+/m0/s1. The Morgan fingerprint density at radius 3 is 2.90 bits per heavy atom. The predicted molar refractivity (Wildman–Crippen MR) is 67.5 cm³/mol. The van der Waals surface area contributed by atoms with Gasteiger partial charge in [0.2, 0.25) is 0 Å². The molecule has 8 nitrogen and oxygen atoms in total. The number of hydrogen-bond acceptors (Lipinski definition) is 6. The van der Waals surface area contributed by atoms with Gasteiger partial charge in [0, 0.05) is 18.7 Å². The Morgan fingerprint density at radius 1 is 1.60 bits per heavy atom. The lowest BCUT2D eigenvalue weighted by Gasteiger charge is -2.22. The van der Waals surface area contributed by atoms with Gasteiger partial charge in [0.1, 0.15) is 12.1 Å². The van der Waals surface area contributed by atoms with Crippen molar-refractivity contribution in [2.24, 2.45) is 0 Å². The highest BCUT2D eigenvalue weighted by Crippen LogP contribution is 2.26. The number of nitrogens with one attached hydrogen (secondary N) is 1. The quantitative estimate of drug-likeness (QED) is 0.668. The highest BCUT2D eigenvalue weighted by atomic mass is 16.6. The van der Waals surface area contributed by atoms with Gasteiger partial charge in [-0.25, -0.2) is 4.79 Å². The molecule has 0 aliphatic carbocycles. The molecule has 110 valence electrons. The number of aryl methyl sites for hydroxylation is 1. The van der Waals surface area contributed by atoms with Gasteiger partial charge in [-0.15, -0.1) is 0 Å². The summed E-state index contributed by atoms with van der Waals surface area (Å²) in [4.78, 5) is 36.5. The third kappa shape index (κ3) is 2.66. The van der Waals surface area contributed by atoms with E-state index in [0.29, 0.717) is 5.56 Å². The van der Waals surface area contributed by atoms with Crippen molar-refractivity contribution >= 4 is 5.97 Å². The molecular weight excluding hydrogens is 268 g/mol. The van der Waals surface area contributed by atoms with E-state index in [1.165, 1.54) is 17.7 Å². The van der Waals surface area contributed by atoms with Gasteiger partial charge in [0.15, 0.2) is 6.10 Å². The van der Waals surface area contributed by atoms with E-state index in [-0.39, 0.29) is 13.2 Å². The van der Waals surface area contributed by atoms with Gasteiger partial charge < -0.3 is 14.6 Å². The van der Waals surface area contributed by atoms with Gasteiger partial charge in [0.05, 0.1) is 13.2 Å². The molecule has 0 bridgehead atoms. The molecule has 0 aromatic carbocycles. The number of aliphatic hydroxyl groups is 1. The molecule has 1 aromatic rings. The predicted octanol–water partition coefficient (Wildman–Crippen LogP) is -1.29. The summed E-state index contributed by atoms with van der Waals surface area (Å²) in [5, 5.41) is 9.22. The molecule has 0 spiro atoms. The molecule has 2 N–H and O–H groups in total. The fourth-order valence-corrected chi connectivity index (χ4v) is 2.23. The maximum atomic E-state index is 11.9. The fourth-order valence-electron chi connectivity index (χ4n) is 2.23. The largest absolute Gasteiger partial charge is 0.457 e. The average Bonchev–Trinajstić information content (AvgIpc) is 2.76. The van der Waals surface area contributed by atoms with Crippen LogP contribution < -0.4 is 11.2 Å². The number of aromatic amines is 1. The summed E-state index contributed by atoms with van der Waals surface area (Å²) in [6.45, 7) is 2.58. The number of esters is 1. The molecule has 20 heavy (non-hydrogen) atoms. The van der Waals surface area contributed by atoms with Crippen LogP contribution in [0.15, 0.2) is 15.8 Å². The molecule has 2 rings (SSSR count). The molecule has 0 amide bonds. The molecule has 1 saturated heterocycles. The Kier molecular flexibility index (Phi) is 4.05. The molecule has 1 aliphatic rings. The monoisotopic (exact) mass is 284 g/mol. The first kappa shape index (κ1) is 14.5. The number of ether oxygens (including phenoxy) is 2. The SMILES string of the molecule is CC(=O)O[C@H]1[C@H](CO)OC[C@@H]1n1cc(C)c(=O)[nH]c1=O. The smallest absolute Gasteiger partial charge is 0.328 e. The minimum atomic E-state index is -0.777. The first-order valence-electron chi connectivity index (χ1n) is 6.15. The third-order valence-electron chi connectivity index (χ3n) is 3.21. The van der Waals surface area contributed by atoms with Crippen LogP contribution in [0, 0.1) is 6.92 Å². The van der Waals surface area contributed by atoms with E-state index in [2.05, 4.69) is 4.98 Å². The van der Waals surface area contributed by atoms with Crippen molar-refractivity contribution in [3.63, 3.8) is 0 Å². The number of rotatable bonds is 3. The lowest BCUT2D eigenvalue weighted by Crippen LogP contribution is -2.41. The van der Waals surface area contributed by atoms with Gasteiger partial charge in [-0.05, 0) is 6.92 Å². The minimum Gasteiger partial charge on any atom is -0.457 e. The van der Waals surface area contributed by atoms with E-state index in [9.17, 15) is 19.5 Å². The maximum absolute atomic E-state index is 11.9. The van der Waals surface area contributed by atoms with E-state index in [0.717, 1.165) is 0 Å². The van der Waals surface area contributed by atoms with Crippen LogP contribution in [0.25, 0.3) is 0 Å². The van der Waals surface area contributed by atoms with Crippen molar-refractivity contribution in [3.8, 4) is 0 Å². The second kappa shape index (κ2) is 5.59. The van der Waals surface area contributed by atoms with Crippen LogP contribution in [0.1, 0.15) is 18.5 Å². The summed E-state index contributed by atoms with van der Waals surface area (Å²) in [6.07, 6.45) is -0.0747. The van der Waals surface area contributed by atoms with Crippen LogP contribution in [0.2, 0.25) is 0 Å². The lowest BCUT2D eigenvalue weighted by atomic mass is 10.1. The maximum Gasteiger partial charge on any atom is 0.328 e. The molecule has 0 unspecified atom stereocenters. The van der Waals surface area contributed by atoms with E-state index >= 15 is 0 Å². The van der Waals surface area contributed by atoms with Crippen molar-refractivity contribution in [3.05, 3.63) is 32.6 Å². The topological polar surface area (TPSA) is 111 Å². The third-order valence-corrected chi connectivity index (χ3v) is 3.21. The molecule has 2 heterocycles. The Hall–Kier alpha value is -1.93. The van der Waals surface area contributed by atoms with Crippen LogP contribution in [0.4, 0.5) is 0 Å². The van der Waals surface area contributed by atoms with Gasteiger partial charge in [-0.3, -0.25) is 19.1 Å². The summed E-state index contributed by atoms with van der Waals surface area (Å²) in [5.41, 5.74) is -0.712. The molecule has 1 fully saturated rings. The molecule has 8 heteroatoms. The summed E-state index contributed by atoms with van der Waals surface area (Å²) >= 11 is 0. The summed E-state index contributed by atoms with van der Waals surface area (Å²) in [6, 6.07) is -0.584. The lowest BCUT2D eigenvalue weighted by molar-refractivity contribution is -0.151. The van der Waals surface area contributed by atoms with Crippen LogP contribution >= 0.6 is 0 Å². The first-order chi connectivity index (χ1) is 9.43. The van der Waals surface area contributed by atoms with Crippen LogP contribution in [-0.2, 0) is 14.3 Å². The molecule has 1 aliphatic heterocycles. The van der Waals surface area contributed by atoms with Crippen LogP contribution in [0.5, 0.6) is 0 Å². The zero-order valence-corrected chi connectivity index (χ0v) is 11.2. The first-order valence-corrected chi connectivity index (χ1v) is 6.15. The second-order valence-electron chi connectivity index (χ2n) is 4.67. The highest BCUT2D eigenvalue weighted by molar-refractivity contribution is 5.66. The highest BCUT2D eigenvalue weighted by Gasteiger charge is 2.41. The summed E-state index contributed by atoms with van der Waals surface area (Å²) in [7, 11) is 0. The molecule has 1 aromatic heterocycles.